The van der Waals surface area contributed by atoms with Gasteiger partial charge in [0, 0.05) is 11.3 Å². The van der Waals surface area contributed by atoms with Crippen molar-refractivity contribution in [2.45, 2.75) is 22.2 Å². The molecule has 1 aliphatic rings. The van der Waals surface area contributed by atoms with E-state index in [0.29, 0.717) is 34.7 Å². The molecule has 0 saturated heterocycles. The van der Waals surface area contributed by atoms with Crippen molar-refractivity contribution in [1.29, 1.82) is 0 Å². The molecule has 28 heavy (non-hydrogen) atoms. The molecule has 1 amide bonds. The van der Waals surface area contributed by atoms with Crippen LogP contribution in [-0.2, 0) is 22.7 Å². The summed E-state index contributed by atoms with van der Waals surface area (Å²) in [6, 6.07) is 9.86. The summed E-state index contributed by atoms with van der Waals surface area (Å²) in [5, 5.41) is 3.43. The average Bonchev–Trinajstić information content (AvgIpc) is 2.66. The van der Waals surface area contributed by atoms with E-state index in [4.69, 9.17) is 27.8 Å². The number of hydrogen-bond donors (Lipinski definition) is 2. The molecule has 6 nitrogen and oxygen atoms in total. The molecular weight excluding hydrogens is 511 g/mol. The number of aromatic nitrogens is 2. The number of thioether (sulfide) groups is 1. The third-order valence-electron chi connectivity index (χ3n) is 4.46. The van der Waals surface area contributed by atoms with Gasteiger partial charge in [-0.1, -0.05) is 52.4 Å². The number of alkyl halides is 1. The highest BCUT2D eigenvalue weighted by Crippen LogP contribution is 2.40. The molecule has 0 bridgehead atoms. The molecule has 0 radical (unpaired) electrons. The van der Waals surface area contributed by atoms with Gasteiger partial charge in [-0.15, -0.1) is 11.8 Å². The highest BCUT2D eigenvalue weighted by Gasteiger charge is 2.20. The Labute approximate surface area is 184 Å². The smallest absolute Gasteiger partial charge is 0.231 e. The summed E-state index contributed by atoms with van der Waals surface area (Å²) in [7, 11) is 0. The van der Waals surface area contributed by atoms with E-state index in [9.17, 15) is 4.79 Å². The molecule has 4 N–H and O–H groups in total. The number of ether oxygens (including phenoxy) is 1. The molecule has 3 aromatic rings. The number of halogens is 2. The van der Waals surface area contributed by atoms with Crippen molar-refractivity contribution in [3.63, 3.8) is 0 Å². The molecule has 0 aliphatic carbocycles. The maximum absolute atomic E-state index is 11.3. The second kappa shape index (κ2) is 8.02. The Kier molecular flexibility index (Phi) is 5.64. The third-order valence-corrected chi connectivity index (χ3v) is 7.41. The molecule has 1 aromatic heterocycles. The Morgan fingerprint density at radius 1 is 1.29 bits per heavy atom. The van der Waals surface area contributed by atoms with Gasteiger partial charge in [-0.2, -0.15) is 0 Å². The van der Waals surface area contributed by atoms with E-state index >= 15 is 0 Å². The lowest BCUT2D eigenvalue weighted by atomic mass is 9.93. The molecular formula is C19H16ClIN4O2S. The van der Waals surface area contributed by atoms with E-state index in [-0.39, 0.29) is 15.8 Å². The highest BCUT2D eigenvalue weighted by atomic mass is 127. The van der Waals surface area contributed by atoms with Crippen LogP contribution in [0.25, 0.3) is 22.0 Å². The maximum Gasteiger partial charge on any atom is 0.231 e. The normalized spacial score (nSPS) is 14.2. The van der Waals surface area contributed by atoms with Crippen LogP contribution in [0.2, 0.25) is 5.02 Å². The van der Waals surface area contributed by atoms with Gasteiger partial charge in [0.1, 0.15) is 5.03 Å². The van der Waals surface area contributed by atoms with Gasteiger partial charge in [-0.25, -0.2) is 9.97 Å². The van der Waals surface area contributed by atoms with Crippen LogP contribution in [0.1, 0.15) is 11.1 Å². The molecule has 2 aromatic carbocycles. The third kappa shape index (κ3) is 3.78. The number of nitrogens with two attached hydrogens (primary N) is 2. The van der Waals surface area contributed by atoms with Gasteiger partial charge in [-0.05, 0) is 34.0 Å². The summed E-state index contributed by atoms with van der Waals surface area (Å²) in [5.41, 5.74) is 15.0. The van der Waals surface area contributed by atoms with Crippen molar-refractivity contribution >= 4 is 68.6 Å². The van der Waals surface area contributed by atoms with E-state index < -0.39 is 0 Å². The minimum Gasteiger partial charge on any atom is -0.372 e. The van der Waals surface area contributed by atoms with Gasteiger partial charge in [0.2, 0.25) is 11.9 Å². The molecule has 9 heteroatoms. The standard InChI is InChI=1S/C19H16ClIN4O2S/c20-12-4-10-7-27-6-9-2-1-3-11(16(9)10)17(12)14-5-15(25-19(23)24-14)28-8-13(21)18(22)26/h1-5,13H,6-8H2,(H2,22,26)(H2,23,24,25). The average molecular weight is 527 g/mol. The first-order valence-electron chi connectivity index (χ1n) is 8.46. The lowest BCUT2D eigenvalue weighted by Crippen LogP contribution is -2.24. The van der Waals surface area contributed by atoms with E-state index in [1.54, 1.807) is 0 Å². The molecule has 4 rings (SSSR count). The zero-order valence-corrected chi connectivity index (χ0v) is 18.3. The number of carbonyl (C=O) groups excluding carboxylic acids is 1. The fourth-order valence-corrected chi connectivity index (χ4v) is 4.97. The fourth-order valence-electron chi connectivity index (χ4n) is 3.26. The van der Waals surface area contributed by atoms with E-state index in [0.717, 1.165) is 27.5 Å². The molecule has 144 valence electrons. The van der Waals surface area contributed by atoms with Crippen molar-refractivity contribution in [2.75, 3.05) is 11.5 Å². The van der Waals surface area contributed by atoms with Crippen LogP contribution in [0.15, 0.2) is 35.4 Å². The largest absolute Gasteiger partial charge is 0.372 e. The summed E-state index contributed by atoms with van der Waals surface area (Å²) in [6.07, 6.45) is 0. The summed E-state index contributed by atoms with van der Waals surface area (Å²) < 4.78 is 5.35. The minimum absolute atomic E-state index is 0.156. The second-order valence-corrected chi connectivity index (χ2v) is 9.31. The number of carbonyl (C=O) groups is 1. The van der Waals surface area contributed by atoms with Crippen molar-refractivity contribution in [2.24, 2.45) is 5.73 Å². The lowest BCUT2D eigenvalue weighted by Gasteiger charge is -2.20. The number of rotatable bonds is 5. The SMILES string of the molecule is NC(=O)C(I)CSc1cc(-c2c(Cl)cc3c4c(cccc24)COC3)nc(N)n1. The van der Waals surface area contributed by atoms with Crippen LogP contribution >= 0.6 is 46.0 Å². The zero-order chi connectivity index (χ0) is 19.8. The number of hydrogen-bond acceptors (Lipinski definition) is 6. The molecule has 1 unspecified atom stereocenters. The monoisotopic (exact) mass is 526 g/mol. The second-order valence-electron chi connectivity index (χ2n) is 6.36. The Morgan fingerprint density at radius 3 is 2.86 bits per heavy atom. The number of amides is 1. The molecule has 0 saturated carbocycles. The van der Waals surface area contributed by atoms with Crippen LogP contribution in [0, 0.1) is 0 Å². The quantitative estimate of drug-likeness (QED) is 0.226. The lowest BCUT2D eigenvalue weighted by molar-refractivity contribution is -0.116. The summed E-state index contributed by atoms with van der Waals surface area (Å²) in [6.45, 7) is 1.10. The van der Waals surface area contributed by atoms with E-state index in [1.165, 1.54) is 11.8 Å². The van der Waals surface area contributed by atoms with Crippen molar-refractivity contribution in [1.82, 2.24) is 9.97 Å². The number of nitrogen functional groups attached to an aromatic ring is 1. The van der Waals surface area contributed by atoms with Gasteiger partial charge in [-0.3, -0.25) is 4.79 Å². The van der Waals surface area contributed by atoms with Crippen LogP contribution < -0.4 is 11.5 Å². The van der Waals surface area contributed by atoms with Crippen molar-refractivity contribution < 1.29 is 9.53 Å². The van der Waals surface area contributed by atoms with Crippen LogP contribution in [0.4, 0.5) is 5.95 Å². The fraction of sp³-hybridized carbons (Fsp3) is 0.211. The molecule has 1 atom stereocenters. The summed E-state index contributed by atoms with van der Waals surface area (Å²) in [4.78, 5) is 20.0. The van der Waals surface area contributed by atoms with Gasteiger partial charge in [0.25, 0.3) is 0 Å². The van der Waals surface area contributed by atoms with Crippen LogP contribution in [-0.4, -0.2) is 25.6 Å². The van der Waals surface area contributed by atoms with Gasteiger partial charge in [0.05, 0.1) is 27.9 Å². The number of nitrogens with zero attached hydrogens (tertiary/aromatic N) is 2. The molecule has 2 heterocycles. The number of anilines is 1. The first-order valence-corrected chi connectivity index (χ1v) is 11.1. The molecule has 0 spiro atoms. The minimum atomic E-state index is -0.357. The Balaban J connectivity index is 1.82. The Bertz CT molecular complexity index is 1100. The van der Waals surface area contributed by atoms with Gasteiger partial charge in [0.15, 0.2) is 0 Å². The molecule has 0 fully saturated rings. The predicted molar refractivity (Wildman–Crippen MR) is 121 cm³/mol. The van der Waals surface area contributed by atoms with Gasteiger partial charge >= 0.3 is 0 Å². The van der Waals surface area contributed by atoms with Crippen LogP contribution in [0.5, 0.6) is 0 Å². The highest BCUT2D eigenvalue weighted by molar-refractivity contribution is 14.1. The maximum atomic E-state index is 11.3. The number of benzene rings is 2. The zero-order valence-electron chi connectivity index (χ0n) is 14.6. The Hall–Kier alpha value is -1.62. The summed E-state index contributed by atoms with van der Waals surface area (Å²) in [5.74, 6) is 0.300. The van der Waals surface area contributed by atoms with Crippen molar-refractivity contribution in [3.8, 4) is 11.3 Å². The summed E-state index contributed by atoms with van der Waals surface area (Å²) >= 11 is 10.1. The number of primary amides is 1. The first kappa shape index (κ1) is 19.7. The predicted octanol–water partition coefficient (Wildman–Crippen LogP) is 3.94. The van der Waals surface area contributed by atoms with E-state index in [1.807, 2.05) is 46.9 Å². The van der Waals surface area contributed by atoms with Gasteiger partial charge < -0.3 is 16.2 Å². The molecule has 1 aliphatic heterocycles. The first-order chi connectivity index (χ1) is 13.4. The van der Waals surface area contributed by atoms with Crippen molar-refractivity contribution in [3.05, 3.63) is 46.5 Å². The Morgan fingerprint density at radius 2 is 2.07 bits per heavy atom. The topological polar surface area (TPSA) is 104 Å². The van der Waals surface area contributed by atoms with Crippen LogP contribution in [0.3, 0.4) is 0 Å². The van der Waals surface area contributed by atoms with E-state index in [2.05, 4.69) is 16.0 Å².